The molecule has 0 spiro atoms. The zero-order valence-corrected chi connectivity index (χ0v) is 17.5. The summed E-state index contributed by atoms with van der Waals surface area (Å²) in [5.41, 5.74) is 7.28. The molecule has 2 aliphatic rings. The monoisotopic (exact) mass is 449 g/mol. The maximum Gasteiger partial charge on any atom is 0.293 e. The first-order valence-electron chi connectivity index (χ1n) is 9.26. The van der Waals surface area contributed by atoms with Crippen LogP contribution in [0.1, 0.15) is 6.92 Å². The van der Waals surface area contributed by atoms with E-state index in [4.69, 9.17) is 10.5 Å². The Morgan fingerprint density at radius 2 is 2.14 bits per heavy atom. The number of nitrogens with one attached hydrogen (secondary N) is 1. The molecule has 4 heterocycles. The first kappa shape index (κ1) is 19.2. The van der Waals surface area contributed by atoms with Crippen LogP contribution in [0.4, 0.5) is 23.0 Å². The minimum atomic E-state index is -0.226. The highest BCUT2D eigenvalue weighted by molar-refractivity contribution is 9.10. The smallest absolute Gasteiger partial charge is 0.293 e. The summed E-state index contributed by atoms with van der Waals surface area (Å²) in [6.07, 6.45) is 3.30. The molecule has 0 aliphatic carbocycles. The van der Waals surface area contributed by atoms with Gasteiger partial charge < -0.3 is 25.3 Å². The van der Waals surface area contributed by atoms with Crippen molar-refractivity contribution in [3.05, 3.63) is 33.4 Å². The van der Waals surface area contributed by atoms with Crippen LogP contribution in [0.5, 0.6) is 0 Å². The summed E-state index contributed by atoms with van der Waals surface area (Å²) in [4.78, 5) is 25.7. The number of nitrogen functional groups attached to an aromatic ring is 1. The Morgan fingerprint density at radius 1 is 1.36 bits per heavy atom. The Kier molecular flexibility index (Phi) is 5.26. The molecule has 1 atom stereocenters. The third kappa shape index (κ3) is 3.71. The summed E-state index contributed by atoms with van der Waals surface area (Å²) in [5, 5.41) is 3.02. The van der Waals surface area contributed by atoms with E-state index in [-0.39, 0.29) is 11.4 Å². The molecule has 2 aliphatic heterocycles. The molecule has 3 N–H and O–H groups in total. The first-order chi connectivity index (χ1) is 13.4. The van der Waals surface area contributed by atoms with Gasteiger partial charge in [-0.05, 0) is 28.9 Å². The molecular weight excluding hydrogens is 426 g/mol. The predicted molar refractivity (Wildman–Crippen MR) is 112 cm³/mol. The van der Waals surface area contributed by atoms with Crippen LogP contribution >= 0.6 is 15.9 Å². The minimum absolute atomic E-state index is 0.218. The van der Waals surface area contributed by atoms with Gasteiger partial charge >= 0.3 is 0 Å². The molecule has 150 valence electrons. The van der Waals surface area contributed by atoms with Crippen molar-refractivity contribution in [2.24, 2.45) is 7.05 Å². The Morgan fingerprint density at radius 3 is 2.79 bits per heavy atom. The minimum Gasteiger partial charge on any atom is -0.396 e. The molecule has 2 fully saturated rings. The number of anilines is 4. The summed E-state index contributed by atoms with van der Waals surface area (Å²) < 4.78 is 7.34. The fourth-order valence-corrected chi connectivity index (χ4v) is 4.12. The number of pyridine rings is 1. The third-order valence-electron chi connectivity index (χ3n) is 5.27. The van der Waals surface area contributed by atoms with E-state index in [9.17, 15) is 4.79 Å². The van der Waals surface area contributed by atoms with Crippen molar-refractivity contribution in [3.8, 4) is 0 Å². The van der Waals surface area contributed by atoms with Gasteiger partial charge in [-0.15, -0.1) is 0 Å². The summed E-state index contributed by atoms with van der Waals surface area (Å²) >= 11 is 3.30. The van der Waals surface area contributed by atoms with Crippen molar-refractivity contribution in [2.75, 3.05) is 48.8 Å². The fraction of sp³-hybridized carbons (Fsp3) is 0.500. The Bertz CT molecular complexity index is 931. The Balaban J connectivity index is 1.50. The zero-order chi connectivity index (χ0) is 19.8. The van der Waals surface area contributed by atoms with Crippen LogP contribution in [-0.4, -0.2) is 64.4 Å². The van der Waals surface area contributed by atoms with Gasteiger partial charge in [0.25, 0.3) is 5.56 Å². The van der Waals surface area contributed by atoms with Crippen LogP contribution in [-0.2, 0) is 11.8 Å². The van der Waals surface area contributed by atoms with Crippen molar-refractivity contribution in [2.45, 2.75) is 19.0 Å². The molecule has 0 amide bonds. The topological polar surface area (TPSA) is 102 Å². The normalized spacial score (nSPS) is 20.8. The maximum absolute atomic E-state index is 12.2. The van der Waals surface area contributed by atoms with E-state index in [0.29, 0.717) is 28.1 Å². The number of aromatic nitrogens is 3. The maximum atomic E-state index is 12.2. The largest absolute Gasteiger partial charge is 0.396 e. The first-order valence-corrected chi connectivity index (χ1v) is 10.1. The number of nitrogens with two attached hydrogens (primary N) is 1. The molecule has 0 saturated carbocycles. The lowest BCUT2D eigenvalue weighted by molar-refractivity contribution is -0.0691. The van der Waals surface area contributed by atoms with Crippen LogP contribution in [0.2, 0.25) is 0 Å². The van der Waals surface area contributed by atoms with Gasteiger partial charge in [0.2, 0.25) is 0 Å². The van der Waals surface area contributed by atoms with Crippen LogP contribution < -0.4 is 21.5 Å². The molecule has 4 rings (SSSR count). The zero-order valence-electron chi connectivity index (χ0n) is 15.9. The molecule has 0 unspecified atom stereocenters. The van der Waals surface area contributed by atoms with Crippen molar-refractivity contribution >= 4 is 38.9 Å². The van der Waals surface area contributed by atoms with E-state index in [1.165, 1.54) is 4.57 Å². The van der Waals surface area contributed by atoms with Crippen LogP contribution in [0.25, 0.3) is 0 Å². The molecule has 10 heteroatoms. The van der Waals surface area contributed by atoms with Gasteiger partial charge in [-0.25, -0.2) is 9.97 Å². The number of halogens is 1. The number of rotatable bonds is 4. The Labute approximate surface area is 171 Å². The molecule has 9 nitrogen and oxygen atoms in total. The van der Waals surface area contributed by atoms with Gasteiger partial charge in [0, 0.05) is 38.9 Å². The summed E-state index contributed by atoms with van der Waals surface area (Å²) in [6.45, 7) is 6.65. The van der Waals surface area contributed by atoms with Gasteiger partial charge in [-0.3, -0.25) is 9.69 Å². The average molecular weight is 450 g/mol. The van der Waals surface area contributed by atoms with Crippen LogP contribution in [0.3, 0.4) is 0 Å². The number of nitrogens with zero attached hydrogens (tertiary/aromatic N) is 5. The molecule has 2 aromatic rings. The van der Waals surface area contributed by atoms with Gasteiger partial charge in [-0.2, -0.15) is 0 Å². The molecular formula is C18H24BrN7O2. The third-order valence-corrected chi connectivity index (χ3v) is 5.65. The van der Waals surface area contributed by atoms with Crippen molar-refractivity contribution in [1.29, 1.82) is 0 Å². The van der Waals surface area contributed by atoms with Crippen molar-refractivity contribution < 1.29 is 4.74 Å². The quantitative estimate of drug-likeness (QED) is 0.716. The van der Waals surface area contributed by atoms with E-state index in [0.717, 1.165) is 38.7 Å². The highest BCUT2D eigenvalue weighted by atomic mass is 79.9. The second-order valence-corrected chi connectivity index (χ2v) is 8.13. The lowest BCUT2D eigenvalue weighted by Crippen LogP contribution is -2.59. The lowest BCUT2D eigenvalue weighted by Gasteiger charge is -2.46. The number of hydrogen-bond acceptors (Lipinski definition) is 8. The number of piperazine rings is 1. The van der Waals surface area contributed by atoms with Crippen molar-refractivity contribution in [1.82, 2.24) is 19.4 Å². The highest BCUT2D eigenvalue weighted by Gasteiger charge is 2.33. The molecule has 0 radical (unpaired) electrons. The summed E-state index contributed by atoms with van der Waals surface area (Å²) in [7, 11) is 1.67. The second-order valence-electron chi connectivity index (χ2n) is 7.32. The molecule has 0 bridgehead atoms. The average Bonchev–Trinajstić information content (AvgIpc) is 2.59. The molecule has 28 heavy (non-hydrogen) atoms. The van der Waals surface area contributed by atoms with E-state index < -0.39 is 0 Å². The van der Waals surface area contributed by atoms with E-state index >= 15 is 0 Å². The molecule has 2 aromatic heterocycles. The molecule has 2 saturated heterocycles. The number of aryl methyl sites for hydroxylation is 1. The van der Waals surface area contributed by atoms with Crippen LogP contribution in [0.15, 0.2) is 27.9 Å². The van der Waals surface area contributed by atoms with E-state index in [1.54, 1.807) is 25.5 Å². The predicted octanol–water partition coefficient (Wildman–Crippen LogP) is 1.17. The van der Waals surface area contributed by atoms with Gasteiger partial charge in [0.1, 0.15) is 4.60 Å². The van der Waals surface area contributed by atoms with E-state index in [1.807, 2.05) is 0 Å². The van der Waals surface area contributed by atoms with Crippen LogP contribution in [0, 0.1) is 0 Å². The fourth-order valence-electron chi connectivity index (χ4n) is 3.64. The molecule has 0 aromatic carbocycles. The summed E-state index contributed by atoms with van der Waals surface area (Å²) in [6, 6.07) is 2.65. The summed E-state index contributed by atoms with van der Waals surface area (Å²) in [5.74, 6) is 0.994. The van der Waals surface area contributed by atoms with Gasteiger partial charge in [0.15, 0.2) is 11.6 Å². The lowest BCUT2D eigenvalue weighted by atomic mass is 10.1. The number of hydrogen-bond donors (Lipinski definition) is 2. The SMILES string of the molecule is C[C@H]1CN(C2COC2)CCN1c1ncc(Nc2nc(Br)cn(C)c2=O)cc1N. The van der Waals surface area contributed by atoms with E-state index in [2.05, 4.69) is 47.9 Å². The highest BCUT2D eigenvalue weighted by Crippen LogP contribution is 2.28. The second kappa shape index (κ2) is 7.69. The Hall–Kier alpha value is -2.17. The van der Waals surface area contributed by atoms with Gasteiger partial charge in [0.05, 0.1) is 36.8 Å². The van der Waals surface area contributed by atoms with Gasteiger partial charge in [-0.1, -0.05) is 0 Å². The standard InChI is InChI=1S/C18H24BrN7O2/c1-11-7-25(13-9-28-10-13)3-4-26(11)17-14(20)5-12(6-21-17)22-16-18(27)24(2)8-15(19)23-16/h5-6,8,11,13H,3-4,7,9-10,20H2,1-2H3,(H,22,23)/t11-/m0/s1. The number of ether oxygens (including phenoxy) is 1. The van der Waals surface area contributed by atoms with Crippen molar-refractivity contribution in [3.63, 3.8) is 0 Å².